The Morgan fingerprint density at radius 2 is 1.19 bits per heavy atom. The van der Waals surface area contributed by atoms with E-state index in [4.69, 9.17) is 0 Å². The van der Waals surface area contributed by atoms with Crippen LogP contribution in [0.5, 0.6) is 0 Å². The third-order valence-corrected chi connectivity index (χ3v) is 5.44. The van der Waals surface area contributed by atoms with Gasteiger partial charge in [-0.25, -0.2) is 0 Å². The molecule has 1 nitrogen and oxygen atoms in total. The van der Waals surface area contributed by atoms with Gasteiger partial charge in [0.05, 0.1) is 5.54 Å². The molecule has 0 aliphatic carbocycles. The van der Waals surface area contributed by atoms with Crippen molar-refractivity contribution in [2.24, 2.45) is 0 Å². The molecule has 27 heavy (non-hydrogen) atoms. The van der Waals surface area contributed by atoms with Gasteiger partial charge in [-0.15, -0.1) is 0 Å². The highest BCUT2D eigenvalue weighted by Gasteiger charge is 2.25. The number of hydrogen-bond donors (Lipinski definition) is 1. The van der Waals surface area contributed by atoms with E-state index in [0.717, 1.165) is 11.3 Å². The summed E-state index contributed by atoms with van der Waals surface area (Å²) in [7, 11) is 0. The van der Waals surface area contributed by atoms with Crippen molar-refractivity contribution in [2.75, 3.05) is 5.32 Å². The van der Waals surface area contributed by atoms with E-state index < -0.39 is 0 Å². The molecule has 0 aliphatic heterocycles. The number of anilines is 1. The zero-order valence-electron chi connectivity index (χ0n) is 16.8. The maximum Gasteiger partial charge on any atom is 0.0569 e. The molecule has 3 rings (SSSR count). The van der Waals surface area contributed by atoms with Crippen LogP contribution in [0.3, 0.4) is 0 Å². The molecule has 0 saturated heterocycles. The van der Waals surface area contributed by atoms with Crippen LogP contribution in [0.25, 0.3) is 5.57 Å². The van der Waals surface area contributed by atoms with Gasteiger partial charge in [0.15, 0.2) is 0 Å². The lowest BCUT2D eigenvalue weighted by Gasteiger charge is -2.30. The second kappa shape index (κ2) is 7.44. The summed E-state index contributed by atoms with van der Waals surface area (Å²) in [6.07, 6.45) is 0. The van der Waals surface area contributed by atoms with E-state index in [1.807, 2.05) is 6.07 Å². The Kier molecular flexibility index (Phi) is 5.23. The Morgan fingerprint density at radius 3 is 1.74 bits per heavy atom. The Labute approximate surface area is 163 Å². The first-order valence-electron chi connectivity index (χ1n) is 9.50. The standard InChI is InChI=1S/C26H29N/c1-20(21-12-8-6-9-13-21)25(2,3)22-16-18-24(19-17-22)27-26(4,5)23-14-10-7-11-15-23/h6-19,27H,1H2,2-5H3. The fourth-order valence-electron chi connectivity index (χ4n) is 3.43. The molecule has 0 saturated carbocycles. The van der Waals surface area contributed by atoms with E-state index in [1.54, 1.807) is 0 Å². The van der Waals surface area contributed by atoms with Crippen molar-refractivity contribution in [3.05, 3.63) is 108 Å². The van der Waals surface area contributed by atoms with Gasteiger partial charge in [0.2, 0.25) is 0 Å². The number of allylic oxidation sites excluding steroid dienone is 1. The van der Waals surface area contributed by atoms with E-state index >= 15 is 0 Å². The topological polar surface area (TPSA) is 12.0 Å². The van der Waals surface area contributed by atoms with E-state index in [-0.39, 0.29) is 11.0 Å². The highest BCUT2D eigenvalue weighted by molar-refractivity contribution is 5.73. The first kappa shape index (κ1) is 19.0. The lowest BCUT2D eigenvalue weighted by Crippen LogP contribution is -2.27. The molecule has 0 fully saturated rings. The summed E-state index contributed by atoms with van der Waals surface area (Å²) in [5.74, 6) is 0. The third-order valence-electron chi connectivity index (χ3n) is 5.44. The molecule has 0 aliphatic rings. The molecule has 0 atom stereocenters. The summed E-state index contributed by atoms with van der Waals surface area (Å²) in [5, 5.41) is 3.65. The quantitative estimate of drug-likeness (QED) is 0.501. The first-order valence-corrected chi connectivity index (χ1v) is 9.50. The van der Waals surface area contributed by atoms with Gasteiger partial charge in [-0.05, 0) is 48.2 Å². The molecule has 0 bridgehead atoms. The summed E-state index contributed by atoms with van der Waals surface area (Å²) >= 11 is 0. The van der Waals surface area contributed by atoms with Crippen LogP contribution in [0.1, 0.15) is 44.4 Å². The number of benzene rings is 3. The summed E-state index contributed by atoms with van der Waals surface area (Å²) < 4.78 is 0. The molecular weight excluding hydrogens is 326 g/mol. The normalized spacial score (nSPS) is 11.9. The molecule has 0 heterocycles. The Hall–Kier alpha value is -2.80. The van der Waals surface area contributed by atoms with Crippen molar-refractivity contribution in [3.63, 3.8) is 0 Å². The van der Waals surface area contributed by atoms with Gasteiger partial charge >= 0.3 is 0 Å². The lowest BCUT2D eigenvalue weighted by atomic mass is 9.75. The van der Waals surface area contributed by atoms with Crippen molar-refractivity contribution < 1.29 is 0 Å². The van der Waals surface area contributed by atoms with Crippen molar-refractivity contribution in [3.8, 4) is 0 Å². The molecule has 138 valence electrons. The van der Waals surface area contributed by atoms with E-state index in [0.29, 0.717) is 0 Å². The average Bonchev–Trinajstić information content (AvgIpc) is 2.69. The van der Waals surface area contributed by atoms with E-state index in [2.05, 4.69) is 118 Å². The van der Waals surface area contributed by atoms with Gasteiger partial charge in [-0.1, -0.05) is 93.2 Å². The zero-order valence-corrected chi connectivity index (χ0v) is 16.8. The van der Waals surface area contributed by atoms with Gasteiger partial charge in [-0.3, -0.25) is 0 Å². The number of hydrogen-bond acceptors (Lipinski definition) is 1. The van der Waals surface area contributed by atoms with Crippen LogP contribution in [0.15, 0.2) is 91.5 Å². The first-order chi connectivity index (χ1) is 12.8. The van der Waals surface area contributed by atoms with Gasteiger partial charge < -0.3 is 5.32 Å². The minimum atomic E-state index is -0.133. The monoisotopic (exact) mass is 355 g/mol. The average molecular weight is 356 g/mol. The predicted octanol–water partition coefficient (Wildman–Crippen LogP) is 7.02. The van der Waals surface area contributed by atoms with E-state index in [9.17, 15) is 0 Å². The number of nitrogens with one attached hydrogen (secondary N) is 1. The Bertz CT molecular complexity index is 888. The fourth-order valence-corrected chi connectivity index (χ4v) is 3.43. The molecule has 1 heteroatoms. The van der Waals surface area contributed by atoms with Crippen LogP contribution in [0.2, 0.25) is 0 Å². The van der Waals surface area contributed by atoms with Crippen LogP contribution in [0.4, 0.5) is 5.69 Å². The largest absolute Gasteiger partial charge is 0.376 e. The van der Waals surface area contributed by atoms with Crippen LogP contribution in [0, 0.1) is 0 Å². The molecular formula is C26H29N. The minimum Gasteiger partial charge on any atom is -0.376 e. The van der Waals surface area contributed by atoms with Crippen LogP contribution in [-0.4, -0.2) is 0 Å². The molecule has 1 N–H and O–H groups in total. The van der Waals surface area contributed by atoms with Crippen molar-refractivity contribution in [2.45, 2.75) is 38.6 Å². The second-order valence-corrected chi connectivity index (χ2v) is 8.16. The van der Waals surface area contributed by atoms with Gasteiger partial charge in [0.1, 0.15) is 0 Å². The van der Waals surface area contributed by atoms with Crippen LogP contribution >= 0.6 is 0 Å². The molecule has 3 aromatic rings. The fraction of sp³-hybridized carbons (Fsp3) is 0.231. The second-order valence-electron chi connectivity index (χ2n) is 8.16. The summed E-state index contributed by atoms with van der Waals surface area (Å²) in [6, 6.07) is 29.7. The Morgan fingerprint density at radius 1 is 0.667 bits per heavy atom. The predicted molar refractivity (Wildman–Crippen MR) is 118 cm³/mol. The SMILES string of the molecule is C=C(c1ccccc1)C(C)(C)c1ccc(NC(C)(C)c2ccccc2)cc1. The zero-order chi connectivity index (χ0) is 19.5. The Balaban J connectivity index is 1.80. The summed E-state index contributed by atoms with van der Waals surface area (Å²) in [5.41, 5.74) is 5.71. The van der Waals surface area contributed by atoms with Crippen LogP contribution in [-0.2, 0) is 11.0 Å². The smallest absolute Gasteiger partial charge is 0.0569 e. The number of rotatable bonds is 6. The highest BCUT2D eigenvalue weighted by atomic mass is 15.0. The van der Waals surface area contributed by atoms with Crippen molar-refractivity contribution >= 4 is 11.3 Å². The summed E-state index contributed by atoms with van der Waals surface area (Å²) in [4.78, 5) is 0. The molecule has 3 aromatic carbocycles. The molecule has 0 aromatic heterocycles. The van der Waals surface area contributed by atoms with Gasteiger partial charge in [-0.2, -0.15) is 0 Å². The van der Waals surface area contributed by atoms with Crippen molar-refractivity contribution in [1.29, 1.82) is 0 Å². The molecule has 0 radical (unpaired) electrons. The molecule has 0 unspecified atom stereocenters. The highest BCUT2D eigenvalue weighted by Crippen LogP contribution is 2.37. The molecule has 0 spiro atoms. The molecule has 0 amide bonds. The maximum atomic E-state index is 4.38. The van der Waals surface area contributed by atoms with Crippen LogP contribution < -0.4 is 5.32 Å². The summed E-state index contributed by atoms with van der Waals surface area (Å²) in [6.45, 7) is 13.3. The third kappa shape index (κ3) is 4.14. The van der Waals surface area contributed by atoms with E-state index in [1.165, 1.54) is 16.7 Å². The lowest BCUT2D eigenvalue weighted by molar-refractivity contribution is 0.609. The van der Waals surface area contributed by atoms with Gasteiger partial charge in [0, 0.05) is 11.1 Å². The maximum absolute atomic E-state index is 4.38. The minimum absolute atomic E-state index is 0.130. The van der Waals surface area contributed by atoms with Gasteiger partial charge in [0.25, 0.3) is 0 Å². The van der Waals surface area contributed by atoms with Crippen molar-refractivity contribution in [1.82, 2.24) is 0 Å².